The van der Waals surface area contributed by atoms with E-state index in [4.69, 9.17) is 21.1 Å². The first kappa shape index (κ1) is 26.0. The molecule has 0 aliphatic carbocycles. The van der Waals surface area contributed by atoms with Crippen molar-refractivity contribution in [1.82, 2.24) is 0 Å². The molecule has 2 amide bonds. The first-order valence-corrected chi connectivity index (χ1v) is 10.3. The predicted octanol–water partition coefficient (Wildman–Crippen LogP) is 5.05. The first-order chi connectivity index (χ1) is 15.6. The van der Waals surface area contributed by atoms with E-state index in [1.165, 1.54) is 0 Å². The zero-order valence-electron chi connectivity index (χ0n) is 17.6. The fraction of sp³-hybridized carbons (Fsp3) is 0.318. The maximum atomic E-state index is 12.8. The van der Waals surface area contributed by atoms with Gasteiger partial charge in [-0.1, -0.05) is 11.6 Å². The SMILES string of the molecule is CCOc1ccc(NC(=O)COC(=O)CCCC(=O)Nc2cc(C(F)(F)F)ccc2Cl)cc1. The molecule has 0 unspecified atom stereocenters. The van der Waals surface area contributed by atoms with Crippen molar-refractivity contribution < 1.29 is 37.0 Å². The number of amides is 2. The molecule has 0 aromatic heterocycles. The first-order valence-electron chi connectivity index (χ1n) is 9.93. The number of rotatable bonds is 10. The van der Waals surface area contributed by atoms with Gasteiger partial charge in [0.15, 0.2) is 6.61 Å². The van der Waals surface area contributed by atoms with Crippen LogP contribution in [-0.2, 0) is 25.3 Å². The minimum Gasteiger partial charge on any atom is -0.494 e. The highest BCUT2D eigenvalue weighted by molar-refractivity contribution is 6.33. The van der Waals surface area contributed by atoms with Gasteiger partial charge in [-0.05, 0) is 55.8 Å². The van der Waals surface area contributed by atoms with E-state index in [-0.39, 0.29) is 30.0 Å². The summed E-state index contributed by atoms with van der Waals surface area (Å²) in [6.45, 7) is 1.86. The van der Waals surface area contributed by atoms with Crippen LogP contribution in [0, 0.1) is 0 Å². The van der Waals surface area contributed by atoms with Gasteiger partial charge in [0.05, 0.1) is 22.9 Å². The van der Waals surface area contributed by atoms with Crippen LogP contribution in [0.4, 0.5) is 24.5 Å². The molecule has 0 atom stereocenters. The third-order valence-corrected chi connectivity index (χ3v) is 4.50. The number of hydrogen-bond donors (Lipinski definition) is 2. The summed E-state index contributed by atoms with van der Waals surface area (Å²) in [6.07, 6.45) is -4.81. The summed E-state index contributed by atoms with van der Waals surface area (Å²) in [5.41, 5.74) is -0.622. The van der Waals surface area contributed by atoms with Gasteiger partial charge in [0.1, 0.15) is 5.75 Å². The number of carbonyl (C=O) groups is 3. The molecule has 0 fully saturated rings. The average molecular weight is 487 g/mol. The van der Waals surface area contributed by atoms with Crippen molar-refractivity contribution in [2.24, 2.45) is 0 Å². The minimum atomic E-state index is -4.58. The Hall–Kier alpha value is -3.27. The van der Waals surface area contributed by atoms with E-state index < -0.39 is 36.1 Å². The molecule has 0 saturated carbocycles. The van der Waals surface area contributed by atoms with Gasteiger partial charge < -0.3 is 20.1 Å². The molecule has 178 valence electrons. The predicted molar refractivity (Wildman–Crippen MR) is 116 cm³/mol. The van der Waals surface area contributed by atoms with Gasteiger partial charge in [-0.25, -0.2) is 0 Å². The molecule has 2 aromatic carbocycles. The number of halogens is 4. The third kappa shape index (κ3) is 9.01. The Balaban J connectivity index is 1.70. The Bertz CT molecular complexity index is 981. The van der Waals surface area contributed by atoms with Crippen LogP contribution >= 0.6 is 11.6 Å². The van der Waals surface area contributed by atoms with Crippen molar-refractivity contribution in [2.45, 2.75) is 32.4 Å². The smallest absolute Gasteiger partial charge is 0.416 e. The molecule has 2 aromatic rings. The van der Waals surface area contributed by atoms with Crippen LogP contribution < -0.4 is 15.4 Å². The Kier molecular flexibility index (Phi) is 9.53. The summed E-state index contributed by atoms with van der Waals surface area (Å²) in [6, 6.07) is 9.22. The summed E-state index contributed by atoms with van der Waals surface area (Å²) in [4.78, 5) is 35.6. The number of alkyl halides is 3. The monoisotopic (exact) mass is 486 g/mol. The highest BCUT2D eigenvalue weighted by Crippen LogP contribution is 2.33. The molecule has 2 rings (SSSR count). The van der Waals surface area contributed by atoms with Crippen LogP contribution in [0.3, 0.4) is 0 Å². The van der Waals surface area contributed by atoms with Crippen LogP contribution in [0.2, 0.25) is 5.02 Å². The quantitative estimate of drug-likeness (QED) is 0.458. The van der Waals surface area contributed by atoms with Gasteiger partial charge in [-0.2, -0.15) is 13.2 Å². The number of benzene rings is 2. The Morgan fingerprint density at radius 1 is 0.970 bits per heavy atom. The summed E-state index contributed by atoms with van der Waals surface area (Å²) in [5, 5.41) is 4.80. The number of ether oxygens (including phenoxy) is 2. The number of hydrogen-bond acceptors (Lipinski definition) is 5. The largest absolute Gasteiger partial charge is 0.494 e. The number of nitrogens with one attached hydrogen (secondary N) is 2. The van der Waals surface area contributed by atoms with E-state index >= 15 is 0 Å². The second-order valence-corrected chi connectivity index (χ2v) is 7.17. The van der Waals surface area contributed by atoms with Crippen LogP contribution in [-0.4, -0.2) is 31.0 Å². The summed E-state index contributed by atoms with van der Waals surface area (Å²) in [5.74, 6) is -1.19. The van der Waals surface area contributed by atoms with Gasteiger partial charge in [-0.3, -0.25) is 14.4 Å². The lowest BCUT2D eigenvalue weighted by Crippen LogP contribution is -2.21. The van der Waals surface area contributed by atoms with Crippen molar-refractivity contribution in [2.75, 3.05) is 23.8 Å². The van der Waals surface area contributed by atoms with E-state index in [1.54, 1.807) is 24.3 Å². The molecule has 0 bridgehead atoms. The van der Waals surface area contributed by atoms with Crippen molar-refractivity contribution in [3.8, 4) is 5.75 Å². The molecule has 0 spiro atoms. The molecule has 7 nitrogen and oxygen atoms in total. The number of carbonyl (C=O) groups excluding carboxylic acids is 3. The number of anilines is 2. The maximum Gasteiger partial charge on any atom is 0.416 e. The second kappa shape index (κ2) is 12.1. The van der Waals surface area contributed by atoms with Crippen LogP contribution in [0.25, 0.3) is 0 Å². The molecular formula is C22H22ClF3N2O5. The standard InChI is InChI=1S/C22H22ClF3N2O5/c1-2-32-16-9-7-15(8-10-16)27-20(30)13-33-21(31)5-3-4-19(29)28-18-12-14(22(24,25)26)6-11-17(18)23/h6-12H,2-5,13H2,1H3,(H,27,30)(H,28,29). The van der Waals surface area contributed by atoms with Crippen LogP contribution in [0.1, 0.15) is 31.7 Å². The van der Waals surface area contributed by atoms with E-state index in [0.717, 1.165) is 18.2 Å². The highest BCUT2D eigenvalue weighted by atomic mass is 35.5. The summed E-state index contributed by atoms with van der Waals surface area (Å²) < 4.78 is 48.5. The fourth-order valence-corrected chi connectivity index (χ4v) is 2.78. The molecule has 2 N–H and O–H groups in total. The average Bonchev–Trinajstić information content (AvgIpc) is 2.74. The lowest BCUT2D eigenvalue weighted by atomic mass is 10.2. The Labute approximate surface area is 193 Å². The lowest BCUT2D eigenvalue weighted by molar-refractivity contribution is -0.147. The zero-order chi connectivity index (χ0) is 24.4. The summed E-state index contributed by atoms with van der Waals surface area (Å²) in [7, 11) is 0. The van der Waals surface area contributed by atoms with Crippen molar-refractivity contribution >= 4 is 40.8 Å². The molecule has 0 radical (unpaired) electrons. The molecule has 0 saturated heterocycles. The number of esters is 1. The minimum absolute atomic E-state index is 0.0469. The Morgan fingerprint density at radius 2 is 1.67 bits per heavy atom. The van der Waals surface area contributed by atoms with Crippen LogP contribution in [0.5, 0.6) is 5.75 Å². The highest BCUT2D eigenvalue weighted by Gasteiger charge is 2.31. The van der Waals surface area contributed by atoms with Gasteiger partial charge in [0, 0.05) is 18.5 Å². The molecular weight excluding hydrogens is 465 g/mol. The summed E-state index contributed by atoms with van der Waals surface area (Å²) >= 11 is 5.83. The van der Waals surface area contributed by atoms with E-state index in [9.17, 15) is 27.6 Å². The van der Waals surface area contributed by atoms with Crippen LogP contribution in [0.15, 0.2) is 42.5 Å². The molecule has 0 heterocycles. The molecule has 33 heavy (non-hydrogen) atoms. The topological polar surface area (TPSA) is 93.7 Å². The second-order valence-electron chi connectivity index (χ2n) is 6.76. The van der Waals surface area contributed by atoms with Crippen molar-refractivity contribution in [3.63, 3.8) is 0 Å². The van der Waals surface area contributed by atoms with Crippen molar-refractivity contribution in [1.29, 1.82) is 0 Å². The third-order valence-electron chi connectivity index (χ3n) is 4.17. The van der Waals surface area contributed by atoms with Gasteiger partial charge >= 0.3 is 12.1 Å². The van der Waals surface area contributed by atoms with Gasteiger partial charge in [0.2, 0.25) is 5.91 Å². The lowest BCUT2D eigenvalue weighted by Gasteiger charge is -2.11. The van der Waals surface area contributed by atoms with E-state index in [2.05, 4.69) is 10.6 Å². The fourth-order valence-electron chi connectivity index (χ4n) is 2.62. The normalized spacial score (nSPS) is 10.9. The van der Waals surface area contributed by atoms with Crippen molar-refractivity contribution in [3.05, 3.63) is 53.1 Å². The zero-order valence-corrected chi connectivity index (χ0v) is 18.4. The van der Waals surface area contributed by atoms with Gasteiger partial charge in [-0.15, -0.1) is 0 Å². The molecule has 0 aliphatic rings. The van der Waals surface area contributed by atoms with E-state index in [0.29, 0.717) is 18.0 Å². The maximum absolute atomic E-state index is 12.8. The Morgan fingerprint density at radius 3 is 2.30 bits per heavy atom. The van der Waals surface area contributed by atoms with E-state index in [1.807, 2.05) is 6.92 Å². The van der Waals surface area contributed by atoms with Gasteiger partial charge in [0.25, 0.3) is 5.91 Å². The molecule has 11 heteroatoms. The molecule has 0 aliphatic heterocycles.